The summed E-state index contributed by atoms with van der Waals surface area (Å²) in [5.74, 6) is 0. The van der Waals surface area contributed by atoms with Crippen LogP contribution in [-0.4, -0.2) is 19.5 Å². The van der Waals surface area contributed by atoms with E-state index in [0.29, 0.717) is 10.7 Å². The van der Waals surface area contributed by atoms with Crippen LogP contribution in [0.1, 0.15) is 6.92 Å². The second-order valence-corrected chi connectivity index (χ2v) is 4.39. The van der Waals surface area contributed by atoms with Gasteiger partial charge in [-0.2, -0.15) is 8.42 Å². The van der Waals surface area contributed by atoms with Crippen molar-refractivity contribution in [2.75, 3.05) is 10.8 Å². The van der Waals surface area contributed by atoms with Crippen LogP contribution in [0.3, 0.4) is 0 Å². The van der Waals surface area contributed by atoms with Gasteiger partial charge in [0.05, 0.1) is 5.69 Å². The minimum atomic E-state index is -4.19. The first kappa shape index (κ1) is 11.3. The van der Waals surface area contributed by atoms with Gasteiger partial charge in [0, 0.05) is 11.6 Å². The maximum Gasteiger partial charge on any atom is 0.359 e. The van der Waals surface area contributed by atoms with Crippen LogP contribution in [-0.2, 0) is 10.3 Å². The van der Waals surface area contributed by atoms with Gasteiger partial charge in [0.25, 0.3) is 0 Å². The van der Waals surface area contributed by atoms with Crippen LogP contribution in [0.25, 0.3) is 0 Å². The topological polar surface area (TPSA) is 57.6 Å². The van der Waals surface area contributed by atoms with Crippen LogP contribution in [0.2, 0.25) is 5.02 Å². The van der Waals surface area contributed by atoms with E-state index in [4.69, 9.17) is 16.2 Å². The highest BCUT2D eigenvalue weighted by atomic mass is 35.5. The van der Waals surface area contributed by atoms with Crippen molar-refractivity contribution < 1.29 is 13.0 Å². The third kappa shape index (κ3) is 2.60. The van der Waals surface area contributed by atoms with Crippen LogP contribution in [0.4, 0.5) is 5.69 Å². The van der Waals surface area contributed by atoms with E-state index in [9.17, 15) is 8.42 Å². The molecule has 78 valence electrons. The predicted octanol–water partition coefficient (Wildman–Crippen LogP) is 1.97. The molecule has 0 fully saturated rings. The van der Waals surface area contributed by atoms with Gasteiger partial charge in [0.2, 0.25) is 0 Å². The minimum Gasteiger partial charge on any atom is -0.269 e. The van der Waals surface area contributed by atoms with Gasteiger partial charge in [-0.1, -0.05) is 11.6 Å². The van der Waals surface area contributed by atoms with Crippen molar-refractivity contribution in [1.82, 2.24) is 0 Å². The smallest absolute Gasteiger partial charge is 0.269 e. The van der Waals surface area contributed by atoms with Crippen LogP contribution >= 0.6 is 11.6 Å². The van der Waals surface area contributed by atoms with Gasteiger partial charge in [-0.15, -0.1) is 0 Å². The highest BCUT2D eigenvalue weighted by Crippen LogP contribution is 2.19. The molecule has 0 saturated carbocycles. The average Bonchev–Trinajstić information content (AvgIpc) is 2.07. The zero-order valence-corrected chi connectivity index (χ0v) is 9.09. The lowest BCUT2D eigenvalue weighted by atomic mass is 10.3. The van der Waals surface area contributed by atoms with Crippen LogP contribution in [0.15, 0.2) is 24.3 Å². The van der Waals surface area contributed by atoms with E-state index in [-0.39, 0.29) is 6.54 Å². The lowest BCUT2D eigenvalue weighted by molar-refractivity contribution is 0.479. The number of benzene rings is 1. The molecule has 6 heteroatoms. The molecular formula is C8H10ClNO3S. The summed E-state index contributed by atoms with van der Waals surface area (Å²) in [5, 5.41) is 0.514. The fourth-order valence-corrected chi connectivity index (χ4v) is 1.93. The van der Waals surface area contributed by atoms with Crippen molar-refractivity contribution in [3.05, 3.63) is 29.3 Å². The monoisotopic (exact) mass is 235 g/mol. The molecule has 0 unspecified atom stereocenters. The molecule has 0 aliphatic carbocycles. The Labute approximate surface area is 88.0 Å². The summed E-state index contributed by atoms with van der Waals surface area (Å²) in [6.07, 6.45) is 0. The molecule has 0 heterocycles. The summed E-state index contributed by atoms with van der Waals surface area (Å²) in [4.78, 5) is 0. The molecule has 0 aliphatic heterocycles. The SMILES string of the molecule is CCN(c1ccc(Cl)cc1)S(=O)(=O)O. The van der Waals surface area contributed by atoms with Gasteiger partial charge >= 0.3 is 10.3 Å². The quantitative estimate of drug-likeness (QED) is 0.815. The largest absolute Gasteiger partial charge is 0.359 e. The molecule has 0 amide bonds. The molecule has 1 aromatic carbocycles. The summed E-state index contributed by atoms with van der Waals surface area (Å²) in [5.41, 5.74) is 0.388. The summed E-state index contributed by atoms with van der Waals surface area (Å²) in [6.45, 7) is 1.79. The fourth-order valence-electron chi connectivity index (χ4n) is 1.09. The Kier molecular flexibility index (Phi) is 3.36. The second-order valence-electron chi connectivity index (χ2n) is 2.62. The summed E-state index contributed by atoms with van der Waals surface area (Å²) >= 11 is 5.64. The van der Waals surface area contributed by atoms with Gasteiger partial charge in [-0.3, -0.25) is 4.55 Å². The lowest BCUT2D eigenvalue weighted by Gasteiger charge is -2.18. The number of rotatable bonds is 3. The van der Waals surface area contributed by atoms with Gasteiger partial charge < -0.3 is 0 Å². The van der Waals surface area contributed by atoms with Gasteiger partial charge in [-0.05, 0) is 31.2 Å². The van der Waals surface area contributed by atoms with Crippen molar-refractivity contribution in [3.63, 3.8) is 0 Å². The van der Waals surface area contributed by atoms with E-state index in [1.54, 1.807) is 19.1 Å². The van der Waals surface area contributed by atoms with Gasteiger partial charge in [0.15, 0.2) is 0 Å². The van der Waals surface area contributed by atoms with Crippen LogP contribution in [0.5, 0.6) is 0 Å². The first-order chi connectivity index (χ1) is 6.45. The van der Waals surface area contributed by atoms with E-state index < -0.39 is 10.3 Å². The third-order valence-corrected chi connectivity index (χ3v) is 2.96. The van der Waals surface area contributed by atoms with Crippen molar-refractivity contribution in [2.24, 2.45) is 0 Å². The molecule has 4 nitrogen and oxygen atoms in total. The summed E-state index contributed by atoms with van der Waals surface area (Å²) < 4.78 is 31.5. The molecule has 14 heavy (non-hydrogen) atoms. The molecule has 1 aromatic rings. The van der Waals surface area contributed by atoms with E-state index in [2.05, 4.69) is 0 Å². The Hall–Kier alpha value is -0.780. The number of nitrogens with zero attached hydrogens (tertiary/aromatic N) is 1. The van der Waals surface area contributed by atoms with Gasteiger partial charge in [-0.25, -0.2) is 4.31 Å². The van der Waals surface area contributed by atoms with E-state index in [1.165, 1.54) is 12.1 Å². The number of anilines is 1. The molecule has 0 atom stereocenters. The van der Waals surface area contributed by atoms with Crippen molar-refractivity contribution >= 4 is 27.6 Å². The molecule has 0 spiro atoms. The van der Waals surface area contributed by atoms with Crippen LogP contribution < -0.4 is 4.31 Å². The Balaban J connectivity index is 3.08. The molecule has 1 N–H and O–H groups in total. The van der Waals surface area contributed by atoms with E-state index >= 15 is 0 Å². The zero-order valence-electron chi connectivity index (χ0n) is 7.51. The van der Waals surface area contributed by atoms with Crippen molar-refractivity contribution in [1.29, 1.82) is 0 Å². The maximum atomic E-state index is 10.9. The second kappa shape index (κ2) is 4.16. The first-order valence-electron chi connectivity index (χ1n) is 3.96. The predicted molar refractivity (Wildman–Crippen MR) is 56.0 cm³/mol. The number of halogens is 1. The minimum absolute atomic E-state index is 0.167. The molecule has 0 aromatic heterocycles. The summed E-state index contributed by atoms with van der Waals surface area (Å²) in [6, 6.07) is 6.18. The van der Waals surface area contributed by atoms with Crippen LogP contribution in [0, 0.1) is 0 Å². The highest BCUT2D eigenvalue weighted by Gasteiger charge is 2.16. The standard InChI is InChI=1S/C8H10ClNO3S/c1-2-10(14(11,12)13)8-5-3-7(9)4-6-8/h3-6H,2H2,1H3,(H,11,12,13). The highest BCUT2D eigenvalue weighted by molar-refractivity contribution is 7.87. The molecular weight excluding hydrogens is 226 g/mol. The Morgan fingerprint density at radius 1 is 1.36 bits per heavy atom. The molecule has 1 rings (SSSR count). The first-order valence-corrected chi connectivity index (χ1v) is 5.73. The average molecular weight is 236 g/mol. The molecule has 0 radical (unpaired) electrons. The Morgan fingerprint density at radius 2 is 1.86 bits per heavy atom. The maximum absolute atomic E-state index is 10.9. The van der Waals surface area contributed by atoms with Gasteiger partial charge in [0.1, 0.15) is 0 Å². The third-order valence-electron chi connectivity index (χ3n) is 1.68. The zero-order chi connectivity index (χ0) is 10.8. The molecule has 0 saturated heterocycles. The van der Waals surface area contributed by atoms with Crippen molar-refractivity contribution in [3.8, 4) is 0 Å². The fraction of sp³-hybridized carbons (Fsp3) is 0.250. The van der Waals surface area contributed by atoms with E-state index in [1.807, 2.05) is 0 Å². The Morgan fingerprint density at radius 3 is 2.21 bits per heavy atom. The number of hydrogen-bond donors (Lipinski definition) is 1. The normalized spacial score (nSPS) is 11.4. The molecule has 0 bridgehead atoms. The van der Waals surface area contributed by atoms with Crippen molar-refractivity contribution in [2.45, 2.75) is 6.92 Å². The summed E-state index contributed by atoms with van der Waals surface area (Å²) in [7, 11) is -4.19. The number of hydrogen-bond acceptors (Lipinski definition) is 2. The lowest BCUT2D eigenvalue weighted by Crippen LogP contribution is -2.29. The Bertz CT molecular complexity index is 401. The van der Waals surface area contributed by atoms with E-state index in [0.717, 1.165) is 4.31 Å². The molecule has 0 aliphatic rings.